The molecular weight excluding hydrogens is 430 g/mol. The van der Waals surface area contributed by atoms with E-state index in [9.17, 15) is 14.7 Å². The molecule has 1 aliphatic rings. The van der Waals surface area contributed by atoms with Gasteiger partial charge in [0, 0.05) is 16.8 Å². The fourth-order valence-corrected chi connectivity index (χ4v) is 4.44. The van der Waals surface area contributed by atoms with E-state index in [2.05, 4.69) is 0 Å². The van der Waals surface area contributed by atoms with Gasteiger partial charge in [0.25, 0.3) is 11.7 Å². The fourth-order valence-electron chi connectivity index (χ4n) is 4.44. The van der Waals surface area contributed by atoms with Crippen LogP contribution in [-0.4, -0.2) is 31.0 Å². The van der Waals surface area contributed by atoms with Crippen LogP contribution in [0.3, 0.4) is 0 Å². The Morgan fingerprint density at radius 2 is 1.62 bits per heavy atom. The molecule has 1 saturated heterocycles. The molecule has 0 radical (unpaired) electrons. The lowest BCUT2D eigenvalue weighted by atomic mass is 9.93. The summed E-state index contributed by atoms with van der Waals surface area (Å²) < 4.78 is 10.9. The van der Waals surface area contributed by atoms with Crippen molar-refractivity contribution in [3.05, 3.63) is 94.1 Å². The second-order valence-electron chi connectivity index (χ2n) is 8.31. The van der Waals surface area contributed by atoms with Gasteiger partial charge in [0.2, 0.25) is 0 Å². The third-order valence-electron chi connectivity index (χ3n) is 6.40. The standard InChI is InChI=1S/C28H27NO5/c1-16-9-8-11-22(18(16)3)29-25(21-10-6-7-12-23(21)34-5)24(27(31)28(29)32)26(30)20-14-13-19(33-4)15-17(20)2/h6-15,25,30H,1-5H3/b26-24+. The van der Waals surface area contributed by atoms with E-state index in [0.717, 1.165) is 11.1 Å². The highest BCUT2D eigenvalue weighted by atomic mass is 16.5. The maximum atomic E-state index is 13.5. The summed E-state index contributed by atoms with van der Waals surface area (Å²) in [6, 6.07) is 17.1. The fraction of sp³-hybridized carbons (Fsp3) is 0.214. The molecule has 0 saturated carbocycles. The number of aliphatic hydroxyl groups excluding tert-OH is 1. The molecule has 4 rings (SSSR count). The van der Waals surface area contributed by atoms with Crippen LogP contribution in [-0.2, 0) is 9.59 Å². The van der Waals surface area contributed by atoms with E-state index in [-0.39, 0.29) is 11.3 Å². The van der Waals surface area contributed by atoms with Crippen LogP contribution in [0.4, 0.5) is 5.69 Å². The Balaban J connectivity index is 2.02. The molecule has 0 aliphatic carbocycles. The van der Waals surface area contributed by atoms with Gasteiger partial charge in [0.1, 0.15) is 17.3 Å². The lowest BCUT2D eigenvalue weighted by molar-refractivity contribution is -0.132. The quantitative estimate of drug-likeness (QED) is 0.322. The van der Waals surface area contributed by atoms with Gasteiger partial charge < -0.3 is 14.6 Å². The zero-order chi connectivity index (χ0) is 24.6. The molecule has 6 heteroatoms. The van der Waals surface area contributed by atoms with Gasteiger partial charge in [0.05, 0.1) is 25.8 Å². The third-order valence-corrected chi connectivity index (χ3v) is 6.40. The Bertz CT molecular complexity index is 1320. The molecule has 6 nitrogen and oxygen atoms in total. The highest BCUT2D eigenvalue weighted by Crippen LogP contribution is 2.46. The average molecular weight is 458 g/mol. The molecule has 1 fully saturated rings. The Labute approximate surface area is 199 Å². The van der Waals surface area contributed by atoms with Crippen LogP contribution < -0.4 is 14.4 Å². The van der Waals surface area contributed by atoms with Crippen LogP contribution in [0.15, 0.2) is 66.2 Å². The number of hydrogen-bond acceptors (Lipinski definition) is 5. The number of rotatable bonds is 5. The van der Waals surface area contributed by atoms with E-state index in [1.807, 2.05) is 57.2 Å². The molecular formula is C28H27NO5. The Kier molecular flexibility index (Phi) is 6.16. The molecule has 1 amide bonds. The Morgan fingerprint density at radius 3 is 2.29 bits per heavy atom. The minimum atomic E-state index is -0.863. The Morgan fingerprint density at radius 1 is 0.882 bits per heavy atom. The zero-order valence-electron chi connectivity index (χ0n) is 19.9. The van der Waals surface area contributed by atoms with Gasteiger partial charge in [-0.05, 0) is 67.8 Å². The van der Waals surface area contributed by atoms with Crippen LogP contribution in [0.1, 0.15) is 33.9 Å². The number of benzene rings is 3. The molecule has 34 heavy (non-hydrogen) atoms. The molecule has 1 atom stereocenters. The van der Waals surface area contributed by atoms with Gasteiger partial charge in [-0.2, -0.15) is 0 Å². The van der Waals surface area contributed by atoms with Crippen molar-refractivity contribution in [2.75, 3.05) is 19.1 Å². The molecule has 1 N–H and O–H groups in total. The number of para-hydroxylation sites is 1. The normalized spacial score (nSPS) is 17.2. The van der Waals surface area contributed by atoms with E-state index in [1.54, 1.807) is 31.4 Å². The summed E-state index contributed by atoms with van der Waals surface area (Å²) in [5, 5.41) is 11.4. The molecule has 0 bridgehead atoms. The van der Waals surface area contributed by atoms with Crippen molar-refractivity contribution in [3.63, 3.8) is 0 Å². The van der Waals surface area contributed by atoms with Crippen molar-refractivity contribution in [1.29, 1.82) is 0 Å². The van der Waals surface area contributed by atoms with Gasteiger partial charge >= 0.3 is 0 Å². The first-order valence-electron chi connectivity index (χ1n) is 10.9. The molecule has 0 spiro atoms. The molecule has 0 aromatic heterocycles. The number of nitrogens with zero attached hydrogens (tertiary/aromatic N) is 1. The van der Waals surface area contributed by atoms with Crippen molar-refractivity contribution in [2.45, 2.75) is 26.8 Å². The number of ether oxygens (including phenoxy) is 2. The summed E-state index contributed by atoms with van der Waals surface area (Å²) in [6.07, 6.45) is 0. The summed E-state index contributed by atoms with van der Waals surface area (Å²) in [7, 11) is 3.10. The first-order valence-corrected chi connectivity index (χ1v) is 10.9. The summed E-state index contributed by atoms with van der Waals surface area (Å²) in [4.78, 5) is 28.4. The number of anilines is 1. The van der Waals surface area contributed by atoms with Crippen LogP contribution in [0.5, 0.6) is 11.5 Å². The predicted molar refractivity (Wildman–Crippen MR) is 131 cm³/mol. The van der Waals surface area contributed by atoms with Gasteiger partial charge in [-0.15, -0.1) is 0 Å². The Hall–Kier alpha value is -4.06. The number of carbonyl (C=O) groups excluding carboxylic acids is 2. The van der Waals surface area contributed by atoms with Crippen molar-refractivity contribution in [2.24, 2.45) is 0 Å². The van der Waals surface area contributed by atoms with E-state index in [1.165, 1.54) is 12.0 Å². The molecule has 174 valence electrons. The van der Waals surface area contributed by atoms with E-state index < -0.39 is 17.7 Å². The van der Waals surface area contributed by atoms with Crippen molar-refractivity contribution in [3.8, 4) is 11.5 Å². The van der Waals surface area contributed by atoms with Gasteiger partial charge in [-0.3, -0.25) is 14.5 Å². The monoisotopic (exact) mass is 457 g/mol. The van der Waals surface area contributed by atoms with E-state index in [4.69, 9.17) is 9.47 Å². The van der Waals surface area contributed by atoms with Crippen LogP contribution in [0.25, 0.3) is 5.76 Å². The second-order valence-corrected chi connectivity index (χ2v) is 8.31. The minimum Gasteiger partial charge on any atom is -0.507 e. The number of aryl methyl sites for hydroxylation is 2. The smallest absolute Gasteiger partial charge is 0.300 e. The largest absolute Gasteiger partial charge is 0.507 e. The summed E-state index contributed by atoms with van der Waals surface area (Å²) in [6.45, 7) is 5.68. The maximum Gasteiger partial charge on any atom is 0.300 e. The molecule has 3 aromatic carbocycles. The lowest BCUT2D eigenvalue weighted by Crippen LogP contribution is -2.30. The maximum absolute atomic E-state index is 13.5. The van der Waals surface area contributed by atoms with Crippen molar-refractivity contribution < 1.29 is 24.2 Å². The second kappa shape index (κ2) is 9.06. The number of Topliss-reactive ketones (excluding diaryl/α,β-unsaturated/α-hetero) is 1. The molecule has 1 heterocycles. The highest BCUT2D eigenvalue weighted by molar-refractivity contribution is 6.51. The van der Waals surface area contributed by atoms with Gasteiger partial charge in [-0.25, -0.2) is 0 Å². The number of ketones is 1. The highest BCUT2D eigenvalue weighted by Gasteiger charge is 2.48. The average Bonchev–Trinajstić information content (AvgIpc) is 3.10. The molecule has 1 unspecified atom stereocenters. The van der Waals surface area contributed by atoms with Crippen molar-refractivity contribution in [1.82, 2.24) is 0 Å². The van der Waals surface area contributed by atoms with Gasteiger partial charge in [0.15, 0.2) is 0 Å². The van der Waals surface area contributed by atoms with Gasteiger partial charge in [-0.1, -0.05) is 30.3 Å². The topological polar surface area (TPSA) is 76.1 Å². The predicted octanol–water partition coefficient (Wildman–Crippen LogP) is 5.26. The van der Waals surface area contributed by atoms with E-state index in [0.29, 0.717) is 33.9 Å². The zero-order valence-corrected chi connectivity index (χ0v) is 19.9. The summed E-state index contributed by atoms with van der Waals surface area (Å²) in [5.41, 5.74) is 4.28. The first-order chi connectivity index (χ1) is 16.3. The lowest BCUT2D eigenvalue weighted by Gasteiger charge is -2.28. The molecule has 3 aromatic rings. The SMILES string of the molecule is COc1ccc(/C(O)=C2\C(=O)C(=O)N(c3cccc(C)c3C)C2c2ccccc2OC)c(C)c1. The van der Waals surface area contributed by atoms with Crippen LogP contribution in [0, 0.1) is 20.8 Å². The summed E-state index contributed by atoms with van der Waals surface area (Å²) >= 11 is 0. The first kappa shape index (κ1) is 23.1. The minimum absolute atomic E-state index is 0.0173. The number of amides is 1. The number of hydrogen-bond donors (Lipinski definition) is 1. The number of aliphatic hydroxyl groups is 1. The van der Waals surface area contributed by atoms with Crippen molar-refractivity contribution >= 4 is 23.1 Å². The van der Waals surface area contributed by atoms with Crippen LogP contribution >= 0.6 is 0 Å². The third kappa shape index (κ3) is 3.71. The van der Waals surface area contributed by atoms with Crippen LogP contribution in [0.2, 0.25) is 0 Å². The van der Waals surface area contributed by atoms with E-state index >= 15 is 0 Å². The number of methoxy groups -OCH3 is 2. The number of carbonyl (C=O) groups is 2. The summed E-state index contributed by atoms with van der Waals surface area (Å²) in [5.74, 6) is -0.530. The molecule has 1 aliphatic heterocycles.